The minimum atomic E-state index is -0.867. The third-order valence-electron chi connectivity index (χ3n) is 2.41. The number of amides is 1. The number of nitrogens with one attached hydrogen (secondary N) is 1. The van der Waals surface area contributed by atoms with Crippen LogP contribution in [0.2, 0.25) is 0 Å². The first-order valence-electron chi connectivity index (χ1n) is 6.18. The lowest BCUT2D eigenvalue weighted by Crippen LogP contribution is -2.15. The van der Waals surface area contributed by atoms with Crippen LogP contribution in [-0.2, 0) is 9.59 Å². The van der Waals surface area contributed by atoms with Gasteiger partial charge >= 0.3 is 5.97 Å². The Bertz CT molecular complexity index is 460. The van der Waals surface area contributed by atoms with Gasteiger partial charge in [-0.3, -0.25) is 9.59 Å². The topological polar surface area (TPSA) is 66.4 Å². The Balaban J connectivity index is 2.78. The van der Waals surface area contributed by atoms with Gasteiger partial charge < -0.3 is 10.4 Å². The van der Waals surface area contributed by atoms with Gasteiger partial charge in [0.25, 0.3) is 0 Å². The summed E-state index contributed by atoms with van der Waals surface area (Å²) in [4.78, 5) is 23.4. The van der Waals surface area contributed by atoms with Crippen molar-refractivity contribution in [1.29, 1.82) is 0 Å². The van der Waals surface area contributed by atoms with E-state index in [4.69, 9.17) is 5.11 Å². The summed E-state index contributed by atoms with van der Waals surface area (Å²) in [6.45, 7) is 5.58. The third-order valence-corrected chi connectivity index (χ3v) is 3.57. The number of hydrogen-bond donors (Lipinski definition) is 2. The molecule has 4 nitrogen and oxygen atoms in total. The molecule has 5 heteroatoms. The molecule has 0 saturated heterocycles. The number of thioether (sulfide) groups is 1. The molecule has 1 amide bonds. The molecule has 1 aromatic rings. The minimum Gasteiger partial charge on any atom is -0.480 e. The zero-order valence-electron chi connectivity index (χ0n) is 11.3. The highest BCUT2D eigenvalue weighted by Crippen LogP contribution is 2.30. The fourth-order valence-corrected chi connectivity index (χ4v) is 2.37. The van der Waals surface area contributed by atoms with E-state index in [1.165, 1.54) is 11.8 Å². The highest BCUT2D eigenvalue weighted by molar-refractivity contribution is 8.00. The average molecular weight is 281 g/mol. The summed E-state index contributed by atoms with van der Waals surface area (Å²) >= 11 is 1.22. The maximum Gasteiger partial charge on any atom is 0.316 e. The van der Waals surface area contributed by atoms with Crippen LogP contribution in [0.5, 0.6) is 0 Å². The summed E-state index contributed by atoms with van der Waals surface area (Å²) in [7, 11) is 0. The first-order valence-corrected chi connectivity index (χ1v) is 7.06. The second kappa shape index (κ2) is 7.19. The predicted molar refractivity (Wildman–Crippen MR) is 77.5 cm³/mol. The molecular formula is C14H19NO3S. The lowest BCUT2D eigenvalue weighted by atomic mass is 10.1. The predicted octanol–water partition coefficient (Wildman–Crippen LogP) is 3.24. The Morgan fingerprint density at radius 1 is 1.26 bits per heavy atom. The molecule has 0 radical (unpaired) electrons. The number of carbonyl (C=O) groups excluding carboxylic acids is 1. The minimum absolute atomic E-state index is 0.0500. The van der Waals surface area contributed by atoms with E-state index in [0.717, 1.165) is 4.90 Å². The van der Waals surface area contributed by atoms with Crippen molar-refractivity contribution in [3.05, 3.63) is 24.3 Å². The standard InChI is InChI=1S/C14H19NO3S/c1-9(2)8-13(16)15-11-6-4-5-7-12(11)19-10(3)14(17)18/h4-7,9-10H,8H2,1-3H3,(H,15,16)(H,17,18). The molecule has 0 aliphatic carbocycles. The molecule has 0 aliphatic heterocycles. The van der Waals surface area contributed by atoms with E-state index in [1.54, 1.807) is 13.0 Å². The van der Waals surface area contributed by atoms with Crippen molar-refractivity contribution in [3.63, 3.8) is 0 Å². The van der Waals surface area contributed by atoms with Gasteiger partial charge in [-0.2, -0.15) is 0 Å². The lowest BCUT2D eigenvalue weighted by molar-refractivity contribution is -0.136. The second-order valence-corrected chi connectivity index (χ2v) is 6.12. The van der Waals surface area contributed by atoms with Crippen LogP contribution >= 0.6 is 11.8 Å². The number of para-hydroxylation sites is 1. The molecule has 1 unspecified atom stereocenters. The van der Waals surface area contributed by atoms with Crippen molar-refractivity contribution in [2.24, 2.45) is 5.92 Å². The number of aliphatic carboxylic acids is 1. The summed E-state index contributed by atoms with van der Waals surface area (Å²) in [6, 6.07) is 7.25. The van der Waals surface area contributed by atoms with Crippen LogP contribution < -0.4 is 5.32 Å². The Kier molecular flexibility index (Phi) is 5.89. The van der Waals surface area contributed by atoms with Gasteiger partial charge in [0.15, 0.2) is 0 Å². The monoisotopic (exact) mass is 281 g/mol. The third kappa shape index (κ3) is 5.34. The van der Waals surface area contributed by atoms with E-state index in [2.05, 4.69) is 5.32 Å². The van der Waals surface area contributed by atoms with Crippen LogP contribution in [0.1, 0.15) is 27.2 Å². The van der Waals surface area contributed by atoms with Crippen LogP contribution in [0.15, 0.2) is 29.2 Å². The van der Waals surface area contributed by atoms with Crippen molar-refractivity contribution < 1.29 is 14.7 Å². The summed E-state index contributed by atoms with van der Waals surface area (Å²) < 4.78 is 0. The number of carboxylic acids is 1. The molecule has 0 aliphatic rings. The number of benzene rings is 1. The zero-order valence-corrected chi connectivity index (χ0v) is 12.2. The molecule has 0 bridgehead atoms. The normalized spacial score (nSPS) is 12.2. The number of carbonyl (C=O) groups is 2. The smallest absolute Gasteiger partial charge is 0.316 e. The van der Waals surface area contributed by atoms with Crippen LogP contribution in [0.4, 0.5) is 5.69 Å². The molecule has 1 rings (SSSR count). The summed E-state index contributed by atoms with van der Waals surface area (Å²) in [6.07, 6.45) is 0.452. The Hall–Kier alpha value is -1.49. The van der Waals surface area contributed by atoms with Gasteiger partial charge in [0.1, 0.15) is 5.25 Å². The fraction of sp³-hybridized carbons (Fsp3) is 0.429. The number of rotatable bonds is 6. The van der Waals surface area contributed by atoms with Crippen LogP contribution in [0.3, 0.4) is 0 Å². The van der Waals surface area contributed by atoms with Gasteiger partial charge in [-0.25, -0.2) is 0 Å². The average Bonchev–Trinajstić information content (AvgIpc) is 2.30. The van der Waals surface area contributed by atoms with E-state index in [9.17, 15) is 9.59 Å². The Labute approximate surface area is 117 Å². The Morgan fingerprint density at radius 3 is 2.47 bits per heavy atom. The number of hydrogen-bond acceptors (Lipinski definition) is 3. The van der Waals surface area contributed by atoms with E-state index in [1.807, 2.05) is 32.0 Å². The van der Waals surface area contributed by atoms with E-state index in [0.29, 0.717) is 12.1 Å². The van der Waals surface area contributed by atoms with Crippen molar-refractivity contribution in [2.45, 2.75) is 37.3 Å². The number of anilines is 1. The summed E-state index contributed by atoms with van der Waals surface area (Å²) in [5.74, 6) is -0.628. The van der Waals surface area contributed by atoms with Crippen LogP contribution in [0, 0.1) is 5.92 Å². The van der Waals surface area contributed by atoms with Gasteiger partial charge in [0.05, 0.1) is 5.69 Å². The quantitative estimate of drug-likeness (QED) is 0.786. The molecule has 0 spiro atoms. The van der Waals surface area contributed by atoms with Gasteiger partial charge in [-0.1, -0.05) is 26.0 Å². The number of carboxylic acid groups (broad SMARTS) is 1. The largest absolute Gasteiger partial charge is 0.480 e. The van der Waals surface area contributed by atoms with E-state index < -0.39 is 11.2 Å². The van der Waals surface area contributed by atoms with Crippen molar-refractivity contribution in [1.82, 2.24) is 0 Å². The summed E-state index contributed by atoms with van der Waals surface area (Å²) in [5.41, 5.74) is 0.672. The fourth-order valence-electron chi connectivity index (χ4n) is 1.49. The Morgan fingerprint density at radius 2 is 1.89 bits per heavy atom. The maximum absolute atomic E-state index is 11.8. The van der Waals surface area contributed by atoms with Crippen molar-refractivity contribution in [2.75, 3.05) is 5.32 Å². The van der Waals surface area contributed by atoms with Gasteiger partial charge in [-0.15, -0.1) is 11.8 Å². The zero-order chi connectivity index (χ0) is 14.4. The molecule has 1 atom stereocenters. The van der Waals surface area contributed by atoms with Crippen LogP contribution in [0.25, 0.3) is 0 Å². The van der Waals surface area contributed by atoms with Gasteiger partial charge in [0, 0.05) is 11.3 Å². The highest BCUT2D eigenvalue weighted by atomic mass is 32.2. The molecule has 0 heterocycles. The highest BCUT2D eigenvalue weighted by Gasteiger charge is 2.15. The lowest BCUT2D eigenvalue weighted by Gasteiger charge is -2.13. The van der Waals surface area contributed by atoms with Gasteiger partial charge in [0.2, 0.25) is 5.91 Å². The van der Waals surface area contributed by atoms with E-state index >= 15 is 0 Å². The SMILES string of the molecule is CC(C)CC(=O)Nc1ccccc1SC(C)C(=O)O. The molecule has 0 saturated carbocycles. The van der Waals surface area contributed by atoms with E-state index in [-0.39, 0.29) is 11.8 Å². The van der Waals surface area contributed by atoms with Crippen LogP contribution in [-0.4, -0.2) is 22.2 Å². The van der Waals surface area contributed by atoms with Gasteiger partial charge in [-0.05, 0) is 25.0 Å². The first-order chi connectivity index (χ1) is 8.90. The first kappa shape index (κ1) is 15.6. The molecular weight excluding hydrogens is 262 g/mol. The molecule has 104 valence electrons. The molecule has 19 heavy (non-hydrogen) atoms. The second-order valence-electron chi connectivity index (χ2n) is 4.74. The molecule has 1 aromatic carbocycles. The molecule has 0 aromatic heterocycles. The summed E-state index contributed by atoms with van der Waals surface area (Å²) in [5, 5.41) is 11.2. The van der Waals surface area contributed by atoms with Crippen molar-refractivity contribution in [3.8, 4) is 0 Å². The molecule has 2 N–H and O–H groups in total. The maximum atomic E-state index is 11.8. The molecule has 0 fully saturated rings. The van der Waals surface area contributed by atoms with Crippen molar-refractivity contribution >= 4 is 29.3 Å².